The second kappa shape index (κ2) is 5.85. The Hall–Kier alpha value is -1.18. The van der Waals surface area contributed by atoms with Gasteiger partial charge in [-0.1, -0.05) is 20.8 Å². The third kappa shape index (κ3) is 2.72. The molecule has 1 aliphatic heterocycles. The Morgan fingerprint density at radius 1 is 1.11 bits per heavy atom. The number of rotatable bonds is 1. The van der Waals surface area contributed by atoms with Crippen LogP contribution >= 0.6 is 0 Å². The van der Waals surface area contributed by atoms with E-state index in [2.05, 4.69) is 13.8 Å². The lowest BCUT2D eigenvalue weighted by Gasteiger charge is -2.37. The van der Waals surface area contributed by atoms with Crippen LogP contribution in [0.1, 0.15) is 62.8 Å². The molecule has 2 nitrogen and oxygen atoms in total. The van der Waals surface area contributed by atoms with Gasteiger partial charge in [-0.3, -0.25) is 0 Å². The van der Waals surface area contributed by atoms with Gasteiger partial charge in [-0.15, -0.1) is 0 Å². The number of benzene rings is 1. The average Bonchev–Trinajstić information content (AvgIpc) is 2.45. The van der Waals surface area contributed by atoms with Crippen molar-refractivity contribution in [2.24, 2.45) is 0 Å². The van der Waals surface area contributed by atoms with Crippen molar-refractivity contribution in [1.82, 2.24) is 0 Å². The molecule has 1 aromatic carbocycles. The minimum atomic E-state index is -0.0480. The minimum absolute atomic E-state index is 0.0480. The van der Waals surface area contributed by atoms with E-state index < -0.39 is 0 Å². The van der Waals surface area contributed by atoms with Gasteiger partial charge in [0, 0.05) is 5.56 Å². The van der Waals surface area contributed by atoms with E-state index in [1.807, 2.05) is 34.6 Å². The Labute approximate surface area is 117 Å². The van der Waals surface area contributed by atoms with E-state index in [1.54, 1.807) is 0 Å². The summed E-state index contributed by atoms with van der Waals surface area (Å²) in [6, 6.07) is 0. The highest BCUT2D eigenvalue weighted by Crippen LogP contribution is 2.43. The van der Waals surface area contributed by atoms with Crippen LogP contribution in [0.3, 0.4) is 0 Å². The molecule has 0 bridgehead atoms. The predicted molar refractivity (Wildman–Crippen MR) is 81.3 cm³/mol. The van der Waals surface area contributed by atoms with E-state index in [1.165, 1.54) is 5.56 Å². The second-order valence-electron chi connectivity index (χ2n) is 5.44. The standard InChI is InChI=1S/C15H22O2.C2H6/c1-6-15(5)8-7-12-11(4)13(16)9(2)10(3)14(12)17-15;1-2/h16H,6-8H2,1-5H3;1-2H3. The first-order valence-electron chi connectivity index (χ1n) is 7.40. The Kier molecular flexibility index (Phi) is 4.89. The van der Waals surface area contributed by atoms with Gasteiger partial charge < -0.3 is 9.84 Å². The van der Waals surface area contributed by atoms with E-state index in [-0.39, 0.29) is 5.60 Å². The van der Waals surface area contributed by atoms with Gasteiger partial charge in [0.05, 0.1) is 0 Å². The van der Waals surface area contributed by atoms with Crippen molar-refractivity contribution in [1.29, 1.82) is 0 Å². The zero-order chi connectivity index (χ0) is 14.8. The largest absolute Gasteiger partial charge is 0.507 e. The van der Waals surface area contributed by atoms with Crippen LogP contribution in [0.4, 0.5) is 0 Å². The molecule has 0 aromatic heterocycles. The van der Waals surface area contributed by atoms with Crippen LogP contribution in [-0.2, 0) is 6.42 Å². The smallest absolute Gasteiger partial charge is 0.127 e. The topological polar surface area (TPSA) is 29.5 Å². The van der Waals surface area contributed by atoms with Crippen molar-refractivity contribution in [2.75, 3.05) is 0 Å². The Bertz CT molecular complexity index is 463. The maximum Gasteiger partial charge on any atom is 0.127 e. The van der Waals surface area contributed by atoms with Gasteiger partial charge in [0.2, 0.25) is 0 Å². The van der Waals surface area contributed by atoms with Gasteiger partial charge in [0.25, 0.3) is 0 Å². The number of phenolic OH excluding ortho intramolecular Hbond substituents is 1. The van der Waals surface area contributed by atoms with Crippen LogP contribution in [0.25, 0.3) is 0 Å². The number of phenols is 1. The third-order valence-corrected chi connectivity index (χ3v) is 4.34. The fraction of sp³-hybridized carbons (Fsp3) is 0.647. The molecular formula is C17H28O2. The zero-order valence-electron chi connectivity index (χ0n) is 13.5. The molecule has 0 saturated heterocycles. The molecule has 0 aliphatic carbocycles. The first-order valence-corrected chi connectivity index (χ1v) is 7.40. The van der Waals surface area contributed by atoms with Gasteiger partial charge in [-0.25, -0.2) is 0 Å². The number of hydrogen-bond donors (Lipinski definition) is 1. The minimum Gasteiger partial charge on any atom is -0.507 e. The predicted octanol–water partition coefficient (Wildman–Crippen LogP) is 4.84. The first kappa shape index (κ1) is 15.9. The van der Waals surface area contributed by atoms with Crippen LogP contribution < -0.4 is 4.74 Å². The van der Waals surface area contributed by atoms with Crippen molar-refractivity contribution >= 4 is 0 Å². The first-order chi connectivity index (χ1) is 8.89. The summed E-state index contributed by atoms with van der Waals surface area (Å²) in [5.41, 5.74) is 4.16. The van der Waals surface area contributed by atoms with Gasteiger partial charge in [-0.2, -0.15) is 0 Å². The molecule has 0 fully saturated rings. The number of aromatic hydroxyl groups is 1. The monoisotopic (exact) mass is 264 g/mol. The Balaban J connectivity index is 0.000000861. The van der Waals surface area contributed by atoms with E-state index in [9.17, 15) is 5.11 Å². The fourth-order valence-electron chi connectivity index (χ4n) is 2.54. The molecule has 19 heavy (non-hydrogen) atoms. The van der Waals surface area contributed by atoms with Gasteiger partial charge in [0.15, 0.2) is 0 Å². The molecule has 1 unspecified atom stereocenters. The summed E-state index contributed by atoms with van der Waals surface area (Å²) in [6.45, 7) is 14.3. The second-order valence-corrected chi connectivity index (χ2v) is 5.44. The average molecular weight is 264 g/mol. The molecule has 1 aromatic rings. The summed E-state index contributed by atoms with van der Waals surface area (Å²) in [6.07, 6.45) is 3.05. The maximum atomic E-state index is 10.1. The van der Waals surface area contributed by atoms with Crippen molar-refractivity contribution < 1.29 is 9.84 Å². The SMILES string of the molecule is CC.CCC1(C)CCc2c(C)c(O)c(C)c(C)c2O1. The van der Waals surface area contributed by atoms with Gasteiger partial charge in [-0.05, 0) is 63.6 Å². The number of ether oxygens (including phenoxy) is 1. The summed E-state index contributed by atoms with van der Waals surface area (Å²) < 4.78 is 6.20. The Morgan fingerprint density at radius 2 is 1.68 bits per heavy atom. The van der Waals surface area contributed by atoms with E-state index >= 15 is 0 Å². The quantitative estimate of drug-likeness (QED) is 0.786. The molecule has 1 N–H and O–H groups in total. The molecule has 1 atom stereocenters. The molecule has 1 aliphatic rings. The summed E-state index contributed by atoms with van der Waals surface area (Å²) in [7, 11) is 0. The highest BCUT2D eigenvalue weighted by molar-refractivity contribution is 5.58. The molecule has 0 saturated carbocycles. The number of fused-ring (bicyclic) bond motifs is 1. The molecule has 0 radical (unpaired) electrons. The summed E-state index contributed by atoms with van der Waals surface area (Å²) in [4.78, 5) is 0. The van der Waals surface area contributed by atoms with Crippen molar-refractivity contribution in [3.8, 4) is 11.5 Å². The Morgan fingerprint density at radius 3 is 2.21 bits per heavy atom. The molecule has 0 spiro atoms. The highest BCUT2D eigenvalue weighted by Gasteiger charge is 2.32. The van der Waals surface area contributed by atoms with Gasteiger partial charge in [0.1, 0.15) is 17.1 Å². The third-order valence-electron chi connectivity index (χ3n) is 4.34. The maximum absolute atomic E-state index is 10.1. The van der Waals surface area contributed by atoms with E-state index in [4.69, 9.17) is 4.74 Å². The molecular weight excluding hydrogens is 236 g/mol. The van der Waals surface area contributed by atoms with Crippen molar-refractivity contribution in [3.05, 3.63) is 22.3 Å². The molecule has 2 rings (SSSR count). The van der Waals surface area contributed by atoms with Crippen LogP contribution in [0.2, 0.25) is 0 Å². The van der Waals surface area contributed by atoms with Crippen LogP contribution in [-0.4, -0.2) is 10.7 Å². The summed E-state index contributed by atoms with van der Waals surface area (Å²) >= 11 is 0. The van der Waals surface area contributed by atoms with E-state index in [0.29, 0.717) is 5.75 Å². The fourth-order valence-corrected chi connectivity index (χ4v) is 2.54. The lowest BCUT2D eigenvalue weighted by atomic mass is 9.86. The van der Waals surface area contributed by atoms with Crippen molar-refractivity contribution in [2.45, 2.75) is 73.3 Å². The zero-order valence-corrected chi connectivity index (χ0v) is 13.5. The van der Waals surface area contributed by atoms with Crippen LogP contribution in [0, 0.1) is 20.8 Å². The highest BCUT2D eigenvalue weighted by atomic mass is 16.5. The molecule has 108 valence electrons. The van der Waals surface area contributed by atoms with Crippen molar-refractivity contribution in [3.63, 3.8) is 0 Å². The van der Waals surface area contributed by atoms with Gasteiger partial charge >= 0.3 is 0 Å². The normalized spacial score (nSPS) is 21.0. The lowest BCUT2D eigenvalue weighted by molar-refractivity contribution is 0.0598. The molecule has 2 heteroatoms. The van der Waals surface area contributed by atoms with Crippen LogP contribution in [0.5, 0.6) is 11.5 Å². The molecule has 0 amide bonds. The number of hydrogen-bond acceptors (Lipinski definition) is 2. The molecule has 1 heterocycles. The van der Waals surface area contributed by atoms with E-state index in [0.717, 1.165) is 41.7 Å². The summed E-state index contributed by atoms with van der Waals surface area (Å²) in [5.74, 6) is 1.44. The van der Waals surface area contributed by atoms with Crippen LogP contribution in [0.15, 0.2) is 0 Å². The lowest BCUT2D eigenvalue weighted by Crippen LogP contribution is -2.36. The summed E-state index contributed by atoms with van der Waals surface area (Å²) in [5, 5.41) is 10.1.